The van der Waals surface area contributed by atoms with Crippen molar-refractivity contribution in [2.75, 3.05) is 25.5 Å². The van der Waals surface area contributed by atoms with E-state index in [0.717, 1.165) is 13.0 Å². The van der Waals surface area contributed by atoms with E-state index in [-0.39, 0.29) is 12.0 Å². The SMILES string of the molecule is CC(C)Nc1cccc(C(=O)OCCC2CCCN2C)n1. The molecule has 1 aromatic heterocycles. The quantitative estimate of drug-likeness (QED) is 0.816. The molecule has 2 heterocycles. The summed E-state index contributed by atoms with van der Waals surface area (Å²) in [5.74, 6) is 0.359. The highest BCUT2D eigenvalue weighted by Crippen LogP contribution is 2.17. The first-order valence-corrected chi connectivity index (χ1v) is 7.67. The number of carbonyl (C=O) groups excluding carboxylic acids is 1. The minimum absolute atomic E-state index is 0.279. The van der Waals surface area contributed by atoms with E-state index in [1.54, 1.807) is 6.07 Å². The van der Waals surface area contributed by atoms with E-state index in [1.807, 2.05) is 26.0 Å². The average Bonchev–Trinajstić information content (AvgIpc) is 2.84. The van der Waals surface area contributed by atoms with Crippen molar-refractivity contribution in [2.45, 2.75) is 45.2 Å². The normalized spacial score (nSPS) is 19.0. The topological polar surface area (TPSA) is 54.5 Å². The third kappa shape index (κ3) is 4.70. The van der Waals surface area contributed by atoms with Crippen molar-refractivity contribution >= 4 is 11.8 Å². The monoisotopic (exact) mass is 291 g/mol. The fourth-order valence-electron chi connectivity index (χ4n) is 2.63. The number of hydrogen-bond donors (Lipinski definition) is 1. The summed E-state index contributed by atoms with van der Waals surface area (Å²) in [6, 6.07) is 6.18. The van der Waals surface area contributed by atoms with Crippen LogP contribution < -0.4 is 5.32 Å². The molecule has 1 atom stereocenters. The lowest BCUT2D eigenvalue weighted by Gasteiger charge is -2.18. The van der Waals surface area contributed by atoms with Crippen molar-refractivity contribution in [1.82, 2.24) is 9.88 Å². The molecule has 5 nitrogen and oxygen atoms in total. The Morgan fingerprint density at radius 3 is 3.00 bits per heavy atom. The molecule has 0 radical (unpaired) electrons. The summed E-state index contributed by atoms with van der Waals surface area (Å²) in [7, 11) is 2.13. The van der Waals surface area contributed by atoms with Gasteiger partial charge in [0.1, 0.15) is 5.82 Å². The van der Waals surface area contributed by atoms with Crippen molar-refractivity contribution < 1.29 is 9.53 Å². The van der Waals surface area contributed by atoms with Gasteiger partial charge in [-0.2, -0.15) is 0 Å². The summed E-state index contributed by atoms with van der Waals surface area (Å²) in [4.78, 5) is 18.6. The van der Waals surface area contributed by atoms with Crippen LogP contribution in [0.15, 0.2) is 18.2 Å². The Labute approximate surface area is 126 Å². The third-order valence-electron chi connectivity index (χ3n) is 3.75. The molecule has 1 aromatic rings. The predicted molar refractivity (Wildman–Crippen MR) is 83.5 cm³/mol. The molecule has 0 amide bonds. The molecule has 0 aromatic carbocycles. The number of pyridine rings is 1. The van der Waals surface area contributed by atoms with Gasteiger partial charge >= 0.3 is 5.97 Å². The molecule has 0 saturated carbocycles. The van der Waals surface area contributed by atoms with Gasteiger partial charge in [0.05, 0.1) is 6.61 Å². The van der Waals surface area contributed by atoms with Crippen molar-refractivity contribution in [1.29, 1.82) is 0 Å². The highest BCUT2D eigenvalue weighted by molar-refractivity contribution is 5.87. The summed E-state index contributed by atoms with van der Waals surface area (Å²) in [6.07, 6.45) is 3.33. The molecule has 1 aliphatic heterocycles. The van der Waals surface area contributed by atoms with Crippen molar-refractivity contribution in [3.05, 3.63) is 23.9 Å². The van der Waals surface area contributed by atoms with Gasteiger partial charge in [0.25, 0.3) is 0 Å². The van der Waals surface area contributed by atoms with E-state index in [2.05, 4.69) is 22.2 Å². The molecule has 1 saturated heterocycles. The Morgan fingerprint density at radius 2 is 2.33 bits per heavy atom. The smallest absolute Gasteiger partial charge is 0.357 e. The van der Waals surface area contributed by atoms with Gasteiger partial charge in [-0.1, -0.05) is 6.07 Å². The van der Waals surface area contributed by atoms with Crippen LogP contribution in [0.4, 0.5) is 5.82 Å². The van der Waals surface area contributed by atoms with Crippen LogP contribution >= 0.6 is 0 Å². The molecule has 1 unspecified atom stereocenters. The van der Waals surface area contributed by atoms with E-state index >= 15 is 0 Å². The fraction of sp³-hybridized carbons (Fsp3) is 0.625. The Morgan fingerprint density at radius 1 is 1.52 bits per heavy atom. The number of aromatic nitrogens is 1. The van der Waals surface area contributed by atoms with E-state index in [0.29, 0.717) is 24.2 Å². The summed E-state index contributed by atoms with van der Waals surface area (Å²) < 4.78 is 5.34. The van der Waals surface area contributed by atoms with E-state index in [9.17, 15) is 4.79 Å². The molecule has 116 valence electrons. The number of nitrogens with one attached hydrogen (secondary N) is 1. The maximum atomic E-state index is 12.0. The minimum atomic E-state index is -0.344. The van der Waals surface area contributed by atoms with Crippen molar-refractivity contribution in [2.24, 2.45) is 0 Å². The molecule has 21 heavy (non-hydrogen) atoms. The number of rotatable bonds is 6. The molecule has 5 heteroatoms. The van der Waals surface area contributed by atoms with E-state index < -0.39 is 0 Å². The Bertz CT molecular complexity index is 476. The van der Waals surface area contributed by atoms with Gasteiger partial charge in [0.15, 0.2) is 5.69 Å². The van der Waals surface area contributed by atoms with Gasteiger partial charge in [-0.25, -0.2) is 9.78 Å². The highest BCUT2D eigenvalue weighted by atomic mass is 16.5. The van der Waals surface area contributed by atoms with Crippen LogP contribution in [-0.4, -0.2) is 48.1 Å². The zero-order valence-electron chi connectivity index (χ0n) is 13.1. The van der Waals surface area contributed by atoms with Gasteiger partial charge in [-0.15, -0.1) is 0 Å². The lowest BCUT2D eigenvalue weighted by molar-refractivity contribution is 0.0469. The first-order chi connectivity index (χ1) is 10.1. The Kier molecular flexibility index (Phi) is 5.56. The minimum Gasteiger partial charge on any atom is -0.461 e. The van der Waals surface area contributed by atoms with Gasteiger partial charge in [0.2, 0.25) is 0 Å². The number of hydrogen-bond acceptors (Lipinski definition) is 5. The number of carbonyl (C=O) groups is 1. The summed E-state index contributed by atoms with van der Waals surface area (Å²) in [5.41, 5.74) is 0.362. The molecule has 0 spiro atoms. The van der Waals surface area contributed by atoms with Crippen LogP contribution in [0.2, 0.25) is 0 Å². The maximum absolute atomic E-state index is 12.0. The summed E-state index contributed by atoms with van der Waals surface area (Å²) in [6.45, 7) is 5.66. The molecule has 2 rings (SSSR count). The van der Waals surface area contributed by atoms with Crippen LogP contribution in [0.5, 0.6) is 0 Å². The largest absolute Gasteiger partial charge is 0.461 e. The lowest BCUT2D eigenvalue weighted by atomic mass is 10.1. The van der Waals surface area contributed by atoms with Gasteiger partial charge in [0, 0.05) is 12.1 Å². The van der Waals surface area contributed by atoms with E-state index in [4.69, 9.17) is 4.74 Å². The Balaban J connectivity index is 1.82. The molecular formula is C16H25N3O2. The van der Waals surface area contributed by atoms with Crippen LogP contribution in [0.1, 0.15) is 43.6 Å². The first kappa shape index (κ1) is 15.8. The molecule has 0 aliphatic carbocycles. The second-order valence-corrected chi connectivity index (χ2v) is 5.91. The second kappa shape index (κ2) is 7.41. The van der Waals surface area contributed by atoms with Crippen LogP contribution in [-0.2, 0) is 4.74 Å². The second-order valence-electron chi connectivity index (χ2n) is 5.91. The molecule has 1 N–H and O–H groups in total. The van der Waals surface area contributed by atoms with Crippen LogP contribution in [0, 0.1) is 0 Å². The third-order valence-corrected chi connectivity index (χ3v) is 3.75. The molecule has 1 aliphatic rings. The van der Waals surface area contributed by atoms with Gasteiger partial charge in [-0.3, -0.25) is 0 Å². The predicted octanol–water partition coefficient (Wildman–Crippen LogP) is 2.54. The Hall–Kier alpha value is -1.62. The number of nitrogens with zero attached hydrogens (tertiary/aromatic N) is 2. The summed E-state index contributed by atoms with van der Waals surface area (Å²) >= 11 is 0. The number of anilines is 1. The maximum Gasteiger partial charge on any atom is 0.357 e. The molecular weight excluding hydrogens is 266 g/mol. The van der Waals surface area contributed by atoms with Crippen LogP contribution in [0.25, 0.3) is 0 Å². The van der Waals surface area contributed by atoms with Crippen molar-refractivity contribution in [3.8, 4) is 0 Å². The van der Waals surface area contributed by atoms with E-state index in [1.165, 1.54) is 12.8 Å². The van der Waals surface area contributed by atoms with Gasteiger partial charge < -0.3 is 15.0 Å². The zero-order valence-corrected chi connectivity index (χ0v) is 13.1. The molecule has 0 bridgehead atoms. The number of likely N-dealkylation sites (tertiary alicyclic amines) is 1. The van der Waals surface area contributed by atoms with Gasteiger partial charge in [-0.05, 0) is 58.8 Å². The standard InChI is InChI=1S/C16H25N3O2/c1-12(2)17-15-8-4-7-14(18-15)16(20)21-11-9-13-6-5-10-19(13)3/h4,7-8,12-13H,5-6,9-11H2,1-3H3,(H,17,18). The average molecular weight is 291 g/mol. The van der Waals surface area contributed by atoms with Crippen molar-refractivity contribution in [3.63, 3.8) is 0 Å². The zero-order chi connectivity index (χ0) is 15.2. The summed E-state index contributed by atoms with van der Waals surface area (Å²) in [5, 5.41) is 3.18. The fourth-order valence-corrected chi connectivity index (χ4v) is 2.63. The lowest BCUT2D eigenvalue weighted by Crippen LogP contribution is -2.26. The van der Waals surface area contributed by atoms with Crippen LogP contribution in [0.3, 0.4) is 0 Å². The highest BCUT2D eigenvalue weighted by Gasteiger charge is 2.21. The number of ether oxygens (including phenoxy) is 1. The first-order valence-electron chi connectivity index (χ1n) is 7.67. The molecule has 1 fully saturated rings. The number of esters is 1.